The molecular formula is C11H9ClO3S3. The van der Waals surface area contributed by atoms with E-state index >= 15 is 0 Å². The van der Waals surface area contributed by atoms with Crippen molar-refractivity contribution in [1.29, 1.82) is 0 Å². The quantitative estimate of drug-likeness (QED) is 0.691. The summed E-state index contributed by atoms with van der Waals surface area (Å²) in [6.45, 7) is 0. The van der Waals surface area contributed by atoms with E-state index in [4.69, 9.17) is 15.8 Å². The second kappa shape index (κ2) is 5.52. The minimum absolute atomic E-state index is 0.0724. The fourth-order valence-corrected chi connectivity index (χ4v) is 3.54. The first kappa shape index (κ1) is 13.7. The minimum atomic E-state index is -3.82. The summed E-state index contributed by atoms with van der Waals surface area (Å²) >= 11 is 11.2. The Bertz CT molecular complexity index is 632. The first-order valence-electron chi connectivity index (χ1n) is 4.89. The topological polar surface area (TPSA) is 43.4 Å². The van der Waals surface area contributed by atoms with Crippen molar-refractivity contribution in [2.75, 3.05) is 0 Å². The van der Waals surface area contributed by atoms with Crippen LogP contribution in [0.3, 0.4) is 0 Å². The van der Waals surface area contributed by atoms with Crippen molar-refractivity contribution in [1.82, 2.24) is 0 Å². The van der Waals surface area contributed by atoms with E-state index in [9.17, 15) is 8.42 Å². The Balaban J connectivity index is 2.30. The first-order chi connectivity index (χ1) is 8.53. The van der Waals surface area contributed by atoms with Crippen LogP contribution >= 0.6 is 35.6 Å². The van der Waals surface area contributed by atoms with Gasteiger partial charge in [-0.3, -0.25) is 0 Å². The molecule has 0 aliphatic heterocycles. The molecule has 2 aromatic rings. The summed E-state index contributed by atoms with van der Waals surface area (Å²) in [4.78, 5) is 0.0724. The normalized spacial score (nSPS) is 11.4. The van der Waals surface area contributed by atoms with Crippen molar-refractivity contribution in [3.63, 3.8) is 0 Å². The van der Waals surface area contributed by atoms with E-state index < -0.39 is 10.1 Å². The molecule has 2 rings (SSSR count). The van der Waals surface area contributed by atoms with Gasteiger partial charge in [0.1, 0.15) is 4.90 Å². The number of hydrogen-bond acceptors (Lipinski definition) is 5. The van der Waals surface area contributed by atoms with Crippen LogP contribution in [0, 0.1) is 0 Å². The number of benzene rings is 1. The minimum Gasteiger partial charge on any atom is -0.378 e. The van der Waals surface area contributed by atoms with Crippen molar-refractivity contribution >= 4 is 45.7 Å². The Labute approximate surface area is 120 Å². The van der Waals surface area contributed by atoms with Gasteiger partial charge in [0.25, 0.3) is 0 Å². The van der Waals surface area contributed by atoms with E-state index in [-0.39, 0.29) is 4.90 Å². The molecule has 0 unspecified atom stereocenters. The van der Waals surface area contributed by atoms with Gasteiger partial charge in [-0.1, -0.05) is 11.6 Å². The third-order valence-corrected chi connectivity index (χ3v) is 4.79. The highest BCUT2D eigenvalue weighted by Crippen LogP contribution is 2.28. The lowest BCUT2D eigenvalue weighted by Gasteiger charge is -2.07. The summed E-state index contributed by atoms with van der Waals surface area (Å²) in [5.74, 6) is 0.750. The number of rotatable bonds is 4. The van der Waals surface area contributed by atoms with E-state index in [0.29, 0.717) is 16.5 Å². The van der Waals surface area contributed by atoms with Crippen LogP contribution in [0.5, 0.6) is 5.75 Å². The monoisotopic (exact) mass is 320 g/mol. The summed E-state index contributed by atoms with van der Waals surface area (Å²) in [6, 6.07) is 5.82. The molecule has 1 aromatic heterocycles. The first-order valence-corrected chi connectivity index (χ1v) is 8.25. The average Bonchev–Trinajstić information content (AvgIpc) is 2.76. The van der Waals surface area contributed by atoms with E-state index in [1.807, 2.05) is 0 Å². The Morgan fingerprint density at radius 1 is 1.22 bits per heavy atom. The van der Waals surface area contributed by atoms with E-state index in [1.54, 1.807) is 10.8 Å². The molecule has 0 bridgehead atoms. The second-order valence-corrected chi connectivity index (χ2v) is 6.45. The molecule has 0 saturated carbocycles. The van der Waals surface area contributed by atoms with Crippen LogP contribution in [0.1, 0.15) is 5.56 Å². The van der Waals surface area contributed by atoms with Crippen molar-refractivity contribution in [2.24, 2.45) is 0 Å². The summed E-state index contributed by atoms with van der Waals surface area (Å²) in [6.07, 6.45) is 0. The lowest BCUT2D eigenvalue weighted by Crippen LogP contribution is -2.09. The lowest BCUT2D eigenvalue weighted by atomic mass is 10.4. The van der Waals surface area contributed by atoms with E-state index in [1.165, 1.54) is 35.6 Å². The van der Waals surface area contributed by atoms with Crippen LogP contribution in [-0.2, 0) is 15.9 Å². The van der Waals surface area contributed by atoms with E-state index in [2.05, 4.69) is 12.6 Å². The zero-order valence-corrected chi connectivity index (χ0v) is 12.3. The molecule has 1 heterocycles. The maximum atomic E-state index is 12.0. The molecular weight excluding hydrogens is 312 g/mol. The molecule has 0 radical (unpaired) electrons. The molecule has 0 N–H and O–H groups in total. The number of halogens is 1. The maximum absolute atomic E-state index is 12.0. The van der Waals surface area contributed by atoms with Gasteiger partial charge in [-0.05, 0) is 29.6 Å². The van der Waals surface area contributed by atoms with Gasteiger partial charge >= 0.3 is 10.1 Å². The molecule has 0 aliphatic carbocycles. The second-order valence-electron chi connectivity index (χ2n) is 3.41. The molecule has 7 heteroatoms. The lowest BCUT2D eigenvalue weighted by molar-refractivity contribution is 0.485. The van der Waals surface area contributed by atoms with Gasteiger partial charge in [-0.2, -0.15) is 21.0 Å². The van der Waals surface area contributed by atoms with Crippen molar-refractivity contribution in [3.05, 3.63) is 45.6 Å². The number of thiol groups is 1. The Hall–Kier alpha value is -0.690. The van der Waals surface area contributed by atoms with Crippen molar-refractivity contribution in [2.45, 2.75) is 10.6 Å². The molecule has 0 spiro atoms. The predicted octanol–water partition coefficient (Wildman–Crippen LogP) is 3.60. The van der Waals surface area contributed by atoms with Crippen LogP contribution in [0.2, 0.25) is 5.02 Å². The largest absolute Gasteiger partial charge is 0.378 e. The average molecular weight is 321 g/mol. The van der Waals surface area contributed by atoms with Gasteiger partial charge in [0.2, 0.25) is 0 Å². The molecule has 0 amide bonds. The van der Waals surface area contributed by atoms with Crippen LogP contribution in [0.15, 0.2) is 39.9 Å². The zero-order chi connectivity index (χ0) is 13.2. The molecule has 0 aliphatic rings. The Morgan fingerprint density at radius 2 is 1.89 bits per heavy atom. The standard InChI is InChI=1S/C11H9ClO3S3/c12-9-1-3-10(4-2-9)18(13,14)15-11-7-17-6-8(11)5-16/h1-4,6-7,16H,5H2. The Morgan fingerprint density at radius 3 is 2.50 bits per heavy atom. The van der Waals surface area contributed by atoms with Gasteiger partial charge < -0.3 is 4.18 Å². The Kier molecular flexibility index (Phi) is 4.21. The summed E-state index contributed by atoms with van der Waals surface area (Å²) in [7, 11) is -3.82. The summed E-state index contributed by atoms with van der Waals surface area (Å²) in [5, 5.41) is 3.92. The predicted molar refractivity (Wildman–Crippen MR) is 76.3 cm³/mol. The van der Waals surface area contributed by atoms with Crippen molar-refractivity contribution in [3.8, 4) is 5.75 Å². The molecule has 0 saturated heterocycles. The van der Waals surface area contributed by atoms with Gasteiger partial charge in [-0.25, -0.2) is 0 Å². The number of thiophene rings is 1. The third kappa shape index (κ3) is 3.00. The molecule has 18 heavy (non-hydrogen) atoms. The third-order valence-electron chi connectivity index (χ3n) is 2.17. The van der Waals surface area contributed by atoms with Crippen LogP contribution in [0.4, 0.5) is 0 Å². The zero-order valence-electron chi connectivity index (χ0n) is 9.04. The number of hydrogen-bond donors (Lipinski definition) is 1. The molecule has 0 atom stereocenters. The maximum Gasteiger partial charge on any atom is 0.339 e. The summed E-state index contributed by atoms with van der Waals surface area (Å²) < 4.78 is 29.1. The highest BCUT2D eigenvalue weighted by atomic mass is 35.5. The van der Waals surface area contributed by atoms with Gasteiger partial charge in [0.05, 0.1) is 0 Å². The SMILES string of the molecule is O=S(=O)(Oc1cscc1CS)c1ccc(Cl)cc1. The molecule has 96 valence electrons. The summed E-state index contributed by atoms with van der Waals surface area (Å²) in [5.41, 5.74) is 0.751. The van der Waals surface area contributed by atoms with Crippen LogP contribution in [0.25, 0.3) is 0 Å². The molecule has 0 fully saturated rings. The van der Waals surface area contributed by atoms with Crippen molar-refractivity contribution < 1.29 is 12.6 Å². The molecule has 3 nitrogen and oxygen atoms in total. The van der Waals surface area contributed by atoms with Gasteiger partial charge in [0, 0.05) is 21.7 Å². The smallest absolute Gasteiger partial charge is 0.339 e. The van der Waals surface area contributed by atoms with E-state index in [0.717, 1.165) is 5.56 Å². The fraction of sp³-hybridized carbons (Fsp3) is 0.0909. The fourth-order valence-electron chi connectivity index (χ4n) is 1.27. The highest BCUT2D eigenvalue weighted by molar-refractivity contribution is 7.87. The van der Waals surface area contributed by atoms with Crippen LogP contribution < -0.4 is 4.18 Å². The van der Waals surface area contributed by atoms with Gasteiger partial charge in [-0.15, -0.1) is 11.3 Å². The van der Waals surface area contributed by atoms with Crippen LogP contribution in [-0.4, -0.2) is 8.42 Å². The highest BCUT2D eigenvalue weighted by Gasteiger charge is 2.18. The molecule has 1 aromatic carbocycles. The van der Waals surface area contributed by atoms with Gasteiger partial charge in [0.15, 0.2) is 5.75 Å².